The monoisotopic (exact) mass is 291 g/mol. The zero-order valence-electron chi connectivity index (χ0n) is 12.2. The van der Waals surface area contributed by atoms with Gasteiger partial charge in [-0.2, -0.15) is 0 Å². The molecule has 2 rings (SSSR count). The second-order valence-corrected chi connectivity index (χ2v) is 4.48. The van der Waals surface area contributed by atoms with Crippen LogP contribution in [-0.2, 0) is 0 Å². The van der Waals surface area contributed by atoms with Crippen LogP contribution in [0.25, 0.3) is 0 Å². The molecule has 0 bridgehead atoms. The summed E-state index contributed by atoms with van der Waals surface area (Å²) in [4.78, 5) is 0. The first-order chi connectivity index (χ1) is 10.1. The van der Waals surface area contributed by atoms with Crippen LogP contribution >= 0.6 is 0 Å². The molecular weight excluding hydrogens is 273 g/mol. The first-order valence-electron chi connectivity index (χ1n) is 6.41. The summed E-state index contributed by atoms with van der Waals surface area (Å²) in [5.41, 5.74) is 7.58. The van der Waals surface area contributed by atoms with Crippen molar-refractivity contribution in [2.45, 2.75) is 6.04 Å². The molecule has 4 nitrogen and oxygen atoms in total. The van der Waals surface area contributed by atoms with Crippen LogP contribution in [0.15, 0.2) is 36.4 Å². The molecule has 0 aromatic heterocycles. The number of nitrogens with two attached hydrogens (primary N) is 1. The summed E-state index contributed by atoms with van der Waals surface area (Å²) in [6, 6.07) is 9.09. The van der Waals surface area contributed by atoms with Gasteiger partial charge in [-0.1, -0.05) is 6.07 Å². The zero-order chi connectivity index (χ0) is 15.4. The van der Waals surface area contributed by atoms with E-state index in [4.69, 9.17) is 19.9 Å². The summed E-state index contributed by atoms with van der Waals surface area (Å²) in [7, 11) is 4.64. The molecule has 2 N–H and O–H groups in total. The summed E-state index contributed by atoms with van der Waals surface area (Å²) < 4.78 is 29.2. The number of benzene rings is 2. The summed E-state index contributed by atoms with van der Waals surface area (Å²) in [6.45, 7) is 0. The van der Waals surface area contributed by atoms with Gasteiger partial charge in [0, 0.05) is 5.56 Å². The fourth-order valence-electron chi connectivity index (χ4n) is 2.17. The summed E-state index contributed by atoms with van der Waals surface area (Å²) in [5.74, 6) is 1.36. The van der Waals surface area contributed by atoms with Crippen molar-refractivity contribution in [1.82, 2.24) is 0 Å². The second-order valence-electron chi connectivity index (χ2n) is 4.48. The summed E-state index contributed by atoms with van der Waals surface area (Å²) in [6.07, 6.45) is 0. The third-order valence-corrected chi connectivity index (χ3v) is 3.29. The van der Waals surface area contributed by atoms with Crippen molar-refractivity contribution < 1.29 is 18.6 Å². The molecule has 0 saturated heterocycles. The van der Waals surface area contributed by atoms with Crippen LogP contribution in [-0.4, -0.2) is 21.3 Å². The highest BCUT2D eigenvalue weighted by atomic mass is 19.1. The Kier molecular flexibility index (Phi) is 4.65. The molecule has 0 amide bonds. The van der Waals surface area contributed by atoms with Gasteiger partial charge in [0.15, 0.2) is 11.5 Å². The smallest absolute Gasteiger partial charge is 0.161 e. The highest BCUT2D eigenvalue weighted by Gasteiger charge is 2.17. The molecule has 21 heavy (non-hydrogen) atoms. The maximum absolute atomic E-state index is 13.5. The van der Waals surface area contributed by atoms with Crippen LogP contribution in [0.5, 0.6) is 17.2 Å². The summed E-state index contributed by atoms with van der Waals surface area (Å²) >= 11 is 0. The lowest BCUT2D eigenvalue weighted by molar-refractivity contribution is 0.354. The number of hydrogen-bond acceptors (Lipinski definition) is 4. The summed E-state index contributed by atoms with van der Waals surface area (Å²) in [5, 5.41) is 0. The molecule has 0 aliphatic heterocycles. The predicted molar refractivity (Wildman–Crippen MR) is 78.5 cm³/mol. The topological polar surface area (TPSA) is 53.7 Å². The van der Waals surface area contributed by atoms with Gasteiger partial charge in [-0.25, -0.2) is 4.39 Å². The van der Waals surface area contributed by atoms with Crippen molar-refractivity contribution in [3.05, 3.63) is 53.3 Å². The fourth-order valence-corrected chi connectivity index (χ4v) is 2.17. The van der Waals surface area contributed by atoms with Gasteiger partial charge in [0.25, 0.3) is 0 Å². The Bertz CT molecular complexity index is 631. The van der Waals surface area contributed by atoms with Gasteiger partial charge >= 0.3 is 0 Å². The van der Waals surface area contributed by atoms with Crippen molar-refractivity contribution in [3.8, 4) is 17.2 Å². The van der Waals surface area contributed by atoms with Crippen LogP contribution in [0.1, 0.15) is 17.2 Å². The maximum Gasteiger partial charge on any atom is 0.161 e. The first-order valence-corrected chi connectivity index (χ1v) is 6.41. The molecule has 0 spiro atoms. The van der Waals surface area contributed by atoms with Gasteiger partial charge in [-0.05, 0) is 35.9 Å². The van der Waals surface area contributed by atoms with Crippen LogP contribution in [0.3, 0.4) is 0 Å². The van der Waals surface area contributed by atoms with Gasteiger partial charge in [0.1, 0.15) is 11.6 Å². The van der Waals surface area contributed by atoms with Gasteiger partial charge < -0.3 is 19.9 Å². The van der Waals surface area contributed by atoms with Gasteiger partial charge in [-0.15, -0.1) is 0 Å². The van der Waals surface area contributed by atoms with E-state index in [-0.39, 0.29) is 5.82 Å². The number of rotatable bonds is 5. The quantitative estimate of drug-likeness (QED) is 0.920. The van der Waals surface area contributed by atoms with E-state index in [1.165, 1.54) is 19.2 Å². The van der Waals surface area contributed by atoms with Crippen LogP contribution in [0, 0.1) is 5.82 Å². The molecule has 1 unspecified atom stereocenters. The largest absolute Gasteiger partial charge is 0.496 e. The minimum absolute atomic E-state index is 0.360. The van der Waals surface area contributed by atoms with Crippen LogP contribution in [0.2, 0.25) is 0 Å². The molecule has 1 atom stereocenters. The van der Waals surface area contributed by atoms with Gasteiger partial charge in [0.05, 0.1) is 27.4 Å². The van der Waals surface area contributed by atoms with Crippen molar-refractivity contribution >= 4 is 0 Å². The van der Waals surface area contributed by atoms with E-state index in [0.717, 1.165) is 5.56 Å². The Morgan fingerprint density at radius 2 is 1.48 bits per heavy atom. The Morgan fingerprint density at radius 3 is 2.10 bits per heavy atom. The highest BCUT2D eigenvalue weighted by Crippen LogP contribution is 2.34. The highest BCUT2D eigenvalue weighted by molar-refractivity contribution is 5.48. The van der Waals surface area contributed by atoms with Crippen molar-refractivity contribution in [1.29, 1.82) is 0 Å². The van der Waals surface area contributed by atoms with E-state index < -0.39 is 6.04 Å². The molecule has 0 heterocycles. The minimum atomic E-state index is -0.532. The molecule has 0 aliphatic carbocycles. The third kappa shape index (κ3) is 3.08. The lowest BCUT2D eigenvalue weighted by Gasteiger charge is -2.18. The molecule has 0 radical (unpaired) electrons. The Balaban J connectivity index is 2.44. The fraction of sp³-hybridized carbons (Fsp3) is 0.250. The molecule has 0 fully saturated rings. The minimum Gasteiger partial charge on any atom is -0.496 e. The van der Waals surface area contributed by atoms with E-state index in [1.807, 2.05) is 6.07 Å². The SMILES string of the molecule is COc1ccc(C(N)c2cc(F)ccc2OC)cc1OC. The average molecular weight is 291 g/mol. The van der Waals surface area contributed by atoms with E-state index >= 15 is 0 Å². The molecule has 2 aromatic rings. The third-order valence-electron chi connectivity index (χ3n) is 3.29. The Morgan fingerprint density at radius 1 is 0.857 bits per heavy atom. The van der Waals surface area contributed by atoms with E-state index in [1.54, 1.807) is 32.4 Å². The lowest BCUT2D eigenvalue weighted by Crippen LogP contribution is -2.13. The first kappa shape index (κ1) is 15.1. The molecular formula is C16H18FNO3. The number of halogens is 1. The van der Waals surface area contributed by atoms with Crippen LogP contribution in [0.4, 0.5) is 4.39 Å². The molecule has 0 saturated carbocycles. The number of hydrogen-bond donors (Lipinski definition) is 1. The van der Waals surface area contributed by atoms with Crippen molar-refractivity contribution in [2.75, 3.05) is 21.3 Å². The van der Waals surface area contributed by atoms with Gasteiger partial charge in [-0.3, -0.25) is 0 Å². The maximum atomic E-state index is 13.5. The lowest BCUT2D eigenvalue weighted by atomic mass is 9.98. The number of methoxy groups -OCH3 is 3. The molecule has 5 heteroatoms. The standard InChI is InChI=1S/C16H18FNO3/c1-19-13-7-5-11(17)9-12(13)16(18)10-4-6-14(20-2)15(8-10)21-3/h4-9,16H,18H2,1-3H3. The number of ether oxygens (including phenoxy) is 3. The van der Waals surface area contributed by atoms with E-state index in [2.05, 4.69) is 0 Å². The van der Waals surface area contributed by atoms with Crippen LogP contribution < -0.4 is 19.9 Å². The predicted octanol–water partition coefficient (Wildman–Crippen LogP) is 2.90. The molecule has 0 aliphatic rings. The van der Waals surface area contributed by atoms with E-state index in [0.29, 0.717) is 22.8 Å². The zero-order valence-corrected chi connectivity index (χ0v) is 12.2. The average Bonchev–Trinajstić information content (AvgIpc) is 2.53. The van der Waals surface area contributed by atoms with Crippen molar-refractivity contribution in [3.63, 3.8) is 0 Å². The molecule has 2 aromatic carbocycles. The second kappa shape index (κ2) is 6.45. The normalized spacial score (nSPS) is 11.9. The molecule has 112 valence electrons. The van der Waals surface area contributed by atoms with Crippen molar-refractivity contribution in [2.24, 2.45) is 5.73 Å². The Labute approximate surface area is 123 Å². The van der Waals surface area contributed by atoms with E-state index in [9.17, 15) is 4.39 Å². The van der Waals surface area contributed by atoms with Gasteiger partial charge in [0.2, 0.25) is 0 Å². The Hall–Kier alpha value is -2.27.